The first kappa shape index (κ1) is 14.7. The maximum absolute atomic E-state index is 11.5. The van der Waals surface area contributed by atoms with Crippen LogP contribution in [0.5, 0.6) is 5.75 Å². The van der Waals surface area contributed by atoms with Gasteiger partial charge in [-0.15, -0.1) is 0 Å². The lowest BCUT2D eigenvalue weighted by Gasteiger charge is -2.12. The number of anilines is 1. The van der Waals surface area contributed by atoms with Gasteiger partial charge >= 0.3 is 0 Å². The quantitative estimate of drug-likeness (QED) is 0.605. The Hall–Kier alpha value is -1.31. The van der Waals surface area contributed by atoms with Gasteiger partial charge in [0.25, 0.3) is 0 Å². The van der Waals surface area contributed by atoms with E-state index in [2.05, 4.69) is 4.72 Å². The van der Waals surface area contributed by atoms with Gasteiger partial charge in [-0.3, -0.25) is 0 Å². The van der Waals surface area contributed by atoms with Crippen LogP contribution in [0, 0.1) is 0 Å². The van der Waals surface area contributed by atoms with Crippen molar-refractivity contribution in [1.29, 1.82) is 0 Å². The van der Waals surface area contributed by atoms with E-state index in [9.17, 15) is 8.42 Å². The number of nitrogens with two attached hydrogens (primary N) is 1. The summed E-state index contributed by atoms with van der Waals surface area (Å²) in [5.41, 5.74) is 6.13. The fourth-order valence-corrected chi connectivity index (χ4v) is 2.34. The van der Waals surface area contributed by atoms with Crippen molar-refractivity contribution in [2.24, 2.45) is 0 Å². The van der Waals surface area contributed by atoms with E-state index >= 15 is 0 Å². The zero-order chi connectivity index (χ0) is 13.6. The Kier molecular flexibility index (Phi) is 5.39. The van der Waals surface area contributed by atoms with E-state index in [1.165, 1.54) is 0 Å². The summed E-state index contributed by atoms with van der Waals surface area (Å²) in [5.74, 6) is 0.399. The van der Waals surface area contributed by atoms with Crippen molar-refractivity contribution in [2.75, 3.05) is 24.7 Å². The molecule has 0 aliphatic heterocycles. The Balaban J connectivity index is 2.39. The average molecular weight is 274 g/mol. The number of hydrogen-bond donors (Lipinski definition) is 3. The average Bonchev–Trinajstić information content (AvgIpc) is 2.31. The van der Waals surface area contributed by atoms with Gasteiger partial charge in [-0.25, -0.2) is 13.1 Å². The molecule has 1 aromatic rings. The monoisotopic (exact) mass is 274 g/mol. The topological polar surface area (TPSA) is 102 Å². The summed E-state index contributed by atoms with van der Waals surface area (Å²) in [6.07, 6.45) is 0. The zero-order valence-electron chi connectivity index (χ0n) is 10.2. The first-order chi connectivity index (χ1) is 8.43. The molecule has 0 radical (unpaired) electrons. The number of ether oxygens (including phenoxy) is 1. The minimum Gasteiger partial charge on any atom is -0.492 e. The van der Waals surface area contributed by atoms with Gasteiger partial charge in [0, 0.05) is 11.7 Å². The Morgan fingerprint density at radius 3 is 2.56 bits per heavy atom. The van der Waals surface area contributed by atoms with Crippen LogP contribution in [0.2, 0.25) is 0 Å². The first-order valence-electron chi connectivity index (χ1n) is 5.52. The molecule has 7 heteroatoms. The van der Waals surface area contributed by atoms with Crippen molar-refractivity contribution in [3.8, 4) is 5.75 Å². The largest absolute Gasteiger partial charge is 0.492 e. The second-order valence-electron chi connectivity index (χ2n) is 3.94. The fourth-order valence-electron chi connectivity index (χ4n) is 1.24. The van der Waals surface area contributed by atoms with E-state index in [-0.39, 0.29) is 19.0 Å². The zero-order valence-corrected chi connectivity index (χ0v) is 11.0. The molecular formula is C11H18N2O4S. The summed E-state index contributed by atoms with van der Waals surface area (Å²) in [5, 5.41) is 8.76. The molecule has 0 fully saturated rings. The number of nitrogens with one attached hydrogen (secondary N) is 1. The predicted octanol–water partition coefficient (Wildman–Crippen LogP) is -0.0522. The van der Waals surface area contributed by atoms with Crippen LogP contribution in [0.3, 0.4) is 0 Å². The minimum absolute atomic E-state index is 0.0391. The summed E-state index contributed by atoms with van der Waals surface area (Å²) in [7, 11) is -3.43. The highest BCUT2D eigenvalue weighted by Crippen LogP contribution is 2.12. The van der Waals surface area contributed by atoms with Gasteiger partial charge in [-0.05, 0) is 31.2 Å². The number of sulfonamides is 1. The van der Waals surface area contributed by atoms with Crippen LogP contribution >= 0.6 is 0 Å². The molecule has 1 aromatic carbocycles. The Labute approximate surface area is 107 Å². The van der Waals surface area contributed by atoms with Gasteiger partial charge in [0.05, 0.1) is 12.4 Å². The smallest absolute Gasteiger partial charge is 0.215 e. The van der Waals surface area contributed by atoms with Gasteiger partial charge in [0.1, 0.15) is 12.4 Å². The van der Waals surface area contributed by atoms with Crippen LogP contribution in [0.1, 0.15) is 6.92 Å². The molecule has 4 N–H and O–H groups in total. The van der Waals surface area contributed by atoms with Gasteiger partial charge in [0.2, 0.25) is 10.0 Å². The van der Waals surface area contributed by atoms with Crippen LogP contribution in [0.4, 0.5) is 5.69 Å². The van der Waals surface area contributed by atoms with E-state index in [4.69, 9.17) is 15.6 Å². The third kappa shape index (κ3) is 5.35. The lowest BCUT2D eigenvalue weighted by atomic mass is 10.3. The summed E-state index contributed by atoms with van der Waals surface area (Å²) < 4.78 is 30.6. The molecule has 0 aliphatic rings. The highest BCUT2D eigenvalue weighted by Gasteiger charge is 2.13. The lowest BCUT2D eigenvalue weighted by molar-refractivity contribution is 0.264. The highest BCUT2D eigenvalue weighted by atomic mass is 32.2. The molecule has 0 spiro atoms. The molecule has 0 bridgehead atoms. The molecule has 0 saturated carbocycles. The van der Waals surface area contributed by atoms with Crippen molar-refractivity contribution in [1.82, 2.24) is 4.72 Å². The summed E-state index contributed by atoms with van der Waals surface area (Å²) in [6.45, 7) is 1.38. The maximum atomic E-state index is 11.5. The summed E-state index contributed by atoms with van der Waals surface area (Å²) >= 11 is 0. The van der Waals surface area contributed by atoms with Crippen LogP contribution in [0.25, 0.3) is 0 Å². The Morgan fingerprint density at radius 2 is 2.00 bits per heavy atom. The molecule has 6 nitrogen and oxygen atoms in total. The second-order valence-corrected chi connectivity index (χ2v) is 5.81. The molecule has 0 unspecified atom stereocenters. The second kappa shape index (κ2) is 6.58. The Bertz CT molecular complexity index is 458. The number of benzene rings is 1. The minimum atomic E-state index is -3.43. The summed E-state index contributed by atoms with van der Waals surface area (Å²) in [4.78, 5) is 0. The number of aliphatic hydroxyl groups is 1. The van der Waals surface area contributed by atoms with Crippen LogP contribution in [-0.4, -0.2) is 38.5 Å². The highest BCUT2D eigenvalue weighted by molar-refractivity contribution is 7.89. The Morgan fingerprint density at radius 1 is 1.39 bits per heavy atom. The number of rotatable bonds is 7. The SMILES string of the molecule is C[C@H](CO)NS(=O)(=O)CCOc1ccc(N)cc1. The van der Waals surface area contributed by atoms with Crippen LogP contribution < -0.4 is 15.2 Å². The van der Waals surface area contributed by atoms with Crippen LogP contribution in [-0.2, 0) is 10.0 Å². The molecule has 0 aromatic heterocycles. The predicted molar refractivity (Wildman–Crippen MR) is 69.8 cm³/mol. The molecule has 102 valence electrons. The van der Waals surface area contributed by atoms with Crippen molar-refractivity contribution < 1.29 is 18.3 Å². The maximum Gasteiger partial charge on any atom is 0.215 e. The van der Waals surface area contributed by atoms with Crippen molar-refractivity contribution in [3.05, 3.63) is 24.3 Å². The third-order valence-corrected chi connectivity index (χ3v) is 3.62. The van der Waals surface area contributed by atoms with Gasteiger partial charge in [-0.2, -0.15) is 0 Å². The fraction of sp³-hybridized carbons (Fsp3) is 0.455. The van der Waals surface area contributed by atoms with Crippen molar-refractivity contribution in [3.63, 3.8) is 0 Å². The number of nitrogen functional groups attached to an aromatic ring is 1. The molecule has 0 saturated heterocycles. The molecule has 0 aliphatic carbocycles. The normalized spacial score (nSPS) is 13.2. The molecule has 0 heterocycles. The third-order valence-electron chi connectivity index (χ3n) is 2.16. The van der Waals surface area contributed by atoms with E-state index in [0.717, 1.165) is 0 Å². The molecule has 1 atom stereocenters. The number of aliphatic hydroxyl groups excluding tert-OH is 1. The van der Waals surface area contributed by atoms with Gasteiger partial charge < -0.3 is 15.6 Å². The standard InChI is InChI=1S/C11H18N2O4S/c1-9(8-14)13-18(15,16)7-6-17-11-4-2-10(12)3-5-11/h2-5,9,13-14H,6-8,12H2,1H3/t9-/m1/s1. The molecule has 1 rings (SSSR count). The van der Waals surface area contributed by atoms with E-state index < -0.39 is 16.1 Å². The van der Waals surface area contributed by atoms with Gasteiger partial charge in [0.15, 0.2) is 0 Å². The molecule has 0 amide bonds. The number of hydrogen-bond acceptors (Lipinski definition) is 5. The van der Waals surface area contributed by atoms with Gasteiger partial charge in [-0.1, -0.05) is 0 Å². The summed E-state index contributed by atoms with van der Waals surface area (Å²) in [6, 6.07) is 6.20. The van der Waals surface area contributed by atoms with Crippen molar-refractivity contribution >= 4 is 15.7 Å². The van der Waals surface area contributed by atoms with E-state index in [1.54, 1.807) is 31.2 Å². The van der Waals surface area contributed by atoms with Crippen molar-refractivity contribution in [2.45, 2.75) is 13.0 Å². The first-order valence-corrected chi connectivity index (χ1v) is 7.17. The lowest BCUT2D eigenvalue weighted by Crippen LogP contribution is -2.37. The van der Waals surface area contributed by atoms with E-state index in [1.807, 2.05) is 0 Å². The van der Waals surface area contributed by atoms with E-state index in [0.29, 0.717) is 11.4 Å². The molecular weight excluding hydrogens is 256 g/mol. The van der Waals surface area contributed by atoms with Crippen LogP contribution in [0.15, 0.2) is 24.3 Å². The molecule has 18 heavy (non-hydrogen) atoms.